The molecule has 0 saturated carbocycles. The summed E-state index contributed by atoms with van der Waals surface area (Å²) in [5, 5.41) is 3.65. The maximum absolute atomic E-state index is 13.0. The van der Waals surface area contributed by atoms with Gasteiger partial charge in [0.15, 0.2) is 5.16 Å². The molecule has 1 unspecified atom stereocenters. The number of fused-ring (bicyclic) bond motifs is 1. The number of para-hydroxylation sites is 2. The van der Waals surface area contributed by atoms with Gasteiger partial charge in [-0.15, -0.1) is 0 Å². The van der Waals surface area contributed by atoms with E-state index in [1.807, 2.05) is 56.3 Å². The molecule has 0 aliphatic carbocycles. The molecule has 1 amide bonds. The summed E-state index contributed by atoms with van der Waals surface area (Å²) in [4.78, 5) is 30.4. The van der Waals surface area contributed by atoms with Crippen LogP contribution in [-0.2, 0) is 16.1 Å². The quantitative estimate of drug-likeness (QED) is 0.346. The largest absolute Gasteiger partial charge is 0.385 e. The average Bonchev–Trinajstić information content (AvgIpc) is 2.72. The molecule has 0 radical (unpaired) electrons. The number of carbonyl (C=O) groups excluding carboxylic acids is 1. The number of thioether (sulfide) groups is 1. The fraction of sp³-hybridized carbons (Fsp3) is 0.318. The van der Waals surface area contributed by atoms with Crippen LogP contribution in [-0.4, -0.2) is 34.4 Å². The highest BCUT2D eigenvalue weighted by atomic mass is 32.2. The summed E-state index contributed by atoms with van der Waals surface area (Å²) in [5.41, 5.74) is 2.32. The Kier molecular flexibility index (Phi) is 7.06. The van der Waals surface area contributed by atoms with Gasteiger partial charge in [0.25, 0.3) is 5.56 Å². The van der Waals surface area contributed by atoms with Crippen LogP contribution >= 0.6 is 11.8 Å². The van der Waals surface area contributed by atoms with E-state index in [-0.39, 0.29) is 11.5 Å². The molecule has 6 nitrogen and oxygen atoms in total. The van der Waals surface area contributed by atoms with Crippen LogP contribution < -0.4 is 10.9 Å². The topological polar surface area (TPSA) is 73.2 Å². The summed E-state index contributed by atoms with van der Waals surface area (Å²) in [6, 6.07) is 14.9. The Labute approximate surface area is 174 Å². The van der Waals surface area contributed by atoms with Crippen molar-refractivity contribution in [3.63, 3.8) is 0 Å². The van der Waals surface area contributed by atoms with Crippen LogP contribution in [0, 0.1) is 6.92 Å². The number of aryl methyl sites for hydroxylation is 1. The van der Waals surface area contributed by atoms with E-state index in [0.717, 1.165) is 11.3 Å². The molecule has 3 aromatic rings. The highest BCUT2D eigenvalue weighted by molar-refractivity contribution is 8.00. The fourth-order valence-corrected chi connectivity index (χ4v) is 3.90. The zero-order valence-corrected chi connectivity index (χ0v) is 17.7. The van der Waals surface area contributed by atoms with Crippen molar-refractivity contribution in [2.45, 2.75) is 37.2 Å². The molecule has 7 heteroatoms. The van der Waals surface area contributed by atoms with Crippen molar-refractivity contribution < 1.29 is 9.53 Å². The van der Waals surface area contributed by atoms with E-state index in [2.05, 4.69) is 10.3 Å². The number of nitrogens with zero attached hydrogens (tertiary/aromatic N) is 2. The van der Waals surface area contributed by atoms with Crippen LogP contribution in [0.15, 0.2) is 58.5 Å². The van der Waals surface area contributed by atoms with Crippen molar-refractivity contribution in [1.82, 2.24) is 9.55 Å². The van der Waals surface area contributed by atoms with Gasteiger partial charge in [-0.25, -0.2) is 4.98 Å². The monoisotopic (exact) mass is 411 g/mol. The molecule has 1 atom stereocenters. The number of aromatic nitrogens is 2. The van der Waals surface area contributed by atoms with Gasteiger partial charge in [-0.3, -0.25) is 14.2 Å². The lowest BCUT2D eigenvalue weighted by molar-refractivity contribution is -0.115. The van der Waals surface area contributed by atoms with Gasteiger partial charge in [-0.05, 0) is 44.0 Å². The van der Waals surface area contributed by atoms with Gasteiger partial charge < -0.3 is 10.1 Å². The standard InChI is InChI=1S/C22H25N3O3S/c1-15-9-4-6-11-18(15)23-20(26)16(2)29-22-24-19-12-7-5-10-17(19)21(27)25(22)13-8-14-28-3/h4-7,9-12,16H,8,13-14H2,1-3H3,(H,23,26). The van der Waals surface area contributed by atoms with Gasteiger partial charge in [0.1, 0.15) is 0 Å². The number of amides is 1. The van der Waals surface area contributed by atoms with E-state index in [4.69, 9.17) is 4.74 Å². The zero-order chi connectivity index (χ0) is 20.8. The van der Waals surface area contributed by atoms with Crippen molar-refractivity contribution in [3.8, 4) is 0 Å². The lowest BCUT2D eigenvalue weighted by Crippen LogP contribution is -2.27. The molecule has 152 valence electrons. The molecule has 29 heavy (non-hydrogen) atoms. The minimum absolute atomic E-state index is 0.0966. The van der Waals surface area contributed by atoms with Crippen molar-refractivity contribution >= 4 is 34.3 Å². The van der Waals surface area contributed by atoms with Crippen molar-refractivity contribution in [1.29, 1.82) is 0 Å². The van der Waals surface area contributed by atoms with Crippen molar-refractivity contribution in [3.05, 3.63) is 64.4 Å². The van der Waals surface area contributed by atoms with E-state index >= 15 is 0 Å². The van der Waals surface area contributed by atoms with E-state index < -0.39 is 5.25 Å². The molecule has 2 aromatic carbocycles. The minimum Gasteiger partial charge on any atom is -0.385 e. The lowest BCUT2D eigenvalue weighted by Gasteiger charge is -2.17. The highest BCUT2D eigenvalue weighted by Crippen LogP contribution is 2.24. The van der Waals surface area contributed by atoms with E-state index in [1.54, 1.807) is 17.7 Å². The number of ether oxygens (including phenoxy) is 1. The normalized spacial score (nSPS) is 12.1. The first-order valence-corrected chi connectivity index (χ1v) is 10.4. The minimum atomic E-state index is -0.420. The first-order chi connectivity index (χ1) is 14.0. The Morgan fingerprint density at radius 2 is 1.93 bits per heavy atom. The summed E-state index contributed by atoms with van der Waals surface area (Å²) in [5.74, 6) is -0.129. The number of nitrogens with one attached hydrogen (secondary N) is 1. The molecule has 0 aliphatic rings. The highest BCUT2D eigenvalue weighted by Gasteiger charge is 2.20. The number of methoxy groups -OCH3 is 1. The Bertz CT molecular complexity index is 1060. The second-order valence-electron chi connectivity index (χ2n) is 6.78. The number of hydrogen-bond acceptors (Lipinski definition) is 5. The number of anilines is 1. The van der Waals surface area contributed by atoms with Crippen LogP contribution in [0.25, 0.3) is 10.9 Å². The zero-order valence-electron chi connectivity index (χ0n) is 16.8. The molecule has 0 saturated heterocycles. The van der Waals surface area contributed by atoms with E-state index in [9.17, 15) is 9.59 Å². The molecule has 1 heterocycles. The number of carbonyl (C=O) groups is 1. The van der Waals surface area contributed by atoms with E-state index in [0.29, 0.717) is 35.6 Å². The summed E-state index contributed by atoms with van der Waals surface area (Å²) in [6.45, 7) is 4.80. The third kappa shape index (κ3) is 5.05. The third-order valence-corrected chi connectivity index (χ3v) is 5.70. The fourth-order valence-electron chi connectivity index (χ4n) is 2.96. The summed E-state index contributed by atoms with van der Waals surface area (Å²) in [6.07, 6.45) is 0.688. The molecule has 0 spiro atoms. The molecule has 0 aliphatic heterocycles. The Balaban J connectivity index is 1.87. The van der Waals surface area contributed by atoms with Gasteiger partial charge in [0.05, 0.1) is 16.2 Å². The molecule has 0 bridgehead atoms. The molecular formula is C22H25N3O3S. The van der Waals surface area contributed by atoms with Crippen LogP contribution in [0.3, 0.4) is 0 Å². The number of hydrogen-bond donors (Lipinski definition) is 1. The molecule has 0 fully saturated rings. The third-order valence-electron chi connectivity index (χ3n) is 4.61. The molecular weight excluding hydrogens is 386 g/mol. The Hall–Kier alpha value is -2.64. The number of benzene rings is 2. The van der Waals surface area contributed by atoms with Crippen LogP contribution in [0.5, 0.6) is 0 Å². The van der Waals surface area contributed by atoms with Gasteiger partial charge in [-0.2, -0.15) is 0 Å². The summed E-state index contributed by atoms with van der Waals surface area (Å²) in [7, 11) is 1.63. The second kappa shape index (κ2) is 9.71. The van der Waals surface area contributed by atoms with Crippen molar-refractivity contribution in [2.24, 2.45) is 0 Å². The smallest absolute Gasteiger partial charge is 0.262 e. The predicted octanol–water partition coefficient (Wildman–Crippen LogP) is 3.86. The molecule has 3 rings (SSSR count). The van der Waals surface area contributed by atoms with Crippen LogP contribution in [0.2, 0.25) is 0 Å². The maximum atomic E-state index is 13.0. The van der Waals surface area contributed by atoms with Crippen LogP contribution in [0.4, 0.5) is 5.69 Å². The SMILES string of the molecule is COCCCn1c(SC(C)C(=O)Nc2ccccc2C)nc2ccccc2c1=O. The van der Waals surface area contributed by atoms with Crippen molar-refractivity contribution in [2.75, 3.05) is 19.0 Å². The maximum Gasteiger partial charge on any atom is 0.262 e. The second-order valence-corrected chi connectivity index (χ2v) is 8.09. The Morgan fingerprint density at radius 3 is 2.69 bits per heavy atom. The summed E-state index contributed by atoms with van der Waals surface area (Å²) < 4.78 is 6.76. The van der Waals surface area contributed by atoms with Gasteiger partial charge in [0.2, 0.25) is 5.91 Å². The van der Waals surface area contributed by atoms with Gasteiger partial charge in [-0.1, -0.05) is 42.1 Å². The predicted molar refractivity (Wildman–Crippen MR) is 118 cm³/mol. The van der Waals surface area contributed by atoms with Gasteiger partial charge >= 0.3 is 0 Å². The Morgan fingerprint density at radius 1 is 1.21 bits per heavy atom. The van der Waals surface area contributed by atoms with Gasteiger partial charge in [0, 0.05) is 25.9 Å². The first-order valence-electron chi connectivity index (χ1n) is 9.53. The summed E-state index contributed by atoms with van der Waals surface area (Å²) >= 11 is 1.29. The molecule has 1 N–H and O–H groups in total. The first kappa shape index (κ1) is 21.1. The molecule has 1 aromatic heterocycles. The average molecular weight is 412 g/mol. The number of rotatable bonds is 8. The lowest BCUT2D eigenvalue weighted by atomic mass is 10.2. The van der Waals surface area contributed by atoms with E-state index in [1.165, 1.54) is 11.8 Å². The van der Waals surface area contributed by atoms with Crippen LogP contribution in [0.1, 0.15) is 18.9 Å².